The predicted molar refractivity (Wildman–Crippen MR) is 80.8 cm³/mol. The number of halogens is 1. The summed E-state index contributed by atoms with van der Waals surface area (Å²) >= 11 is 6.05. The minimum Gasteiger partial charge on any atom is -0.508 e. The zero-order chi connectivity index (χ0) is 13.8. The summed E-state index contributed by atoms with van der Waals surface area (Å²) in [6.45, 7) is 2.15. The molecule has 0 bridgehead atoms. The summed E-state index contributed by atoms with van der Waals surface area (Å²) in [7, 11) is 2.17. The Kier molecular flexibility index (Phi) is 5.12. The first-order chi connectivity index (χ1) is 9.09. The zero-order valence-corrected chi connectivity index (χ0v) is 12.7. The van der Waals surface area contributed by atoms with E-state index in [0.29, 0.717) is 16.8 Å². The Balaban J connectivity index is 2.12. The van der Waals surface area contributed by atoms with Gasteiger partial charge in [-0.2, -0.15) is 0 Å². The Morgan fingerprint density at radius 3 is 2.47 bits per heavy atom. The van der Waals surface area contributed by atoms with Gasteiger partial charge in [-0.25, -0.2) is 0 Å². The summed E-state index contributed by atoms with van der Waals surface area (Å²) in [6, 6.07) is 6.13. The van der Waals surface area contributed by atoms with Gasteiger partial charge in [0.15, 0.2) is 0 Å². The van der Waals surface area contributed by atoms with Gasteiger partial charge in [0.2, 0.25) is 0 Å². The molecule has 1 N–H and O–H groups in total. The standard InChI is InChI=1S/C16H24ClNO/c1-12(15-11-13(17)9-10-16(15)19)18(2)14-7-5-3-4-6-8-14/h9-12,14,19H,3-8H2,1-2H3. The van der Waals surface area contributed by atoms with Crippen LogP contribution in [0.25, 0.3) is 0 Å². The van der Waals surface area contributed by atoms with Crippen LogP contribution in [0, 0.1) is 0 Å². The lowest BCUT2D eigenvalue weighted by Crippen LogP contribution is -2.33. The summed E-state index contributed by atoms with van der Waals surface area (Å²) in [5.74, 6) is 0.345. The SMILES string of the molecule is CC(c1cc(Cl)ccc1O)N(C)C1CCCCCC1. The summed E-state index contributed by atoms with van der Waals surface area (Å²) in [5.41, 5.74) is 0.930. The van der Waals surface area contributed by atoms with E-state index in [-0.39, 0.29) is 6.04 Å². The summed E-state index contributed by atoms with van der Waals surface area (Å²) < 4.78 is 0. The van der Waals surface area contributed by atoms with Crippen LogP contribution in [0.15, 0.2) is 18.2 Å². The van der Waals surface area contributed by atoms with Crippen molar-refractivity contribution in [1.82, 2.24) is 4.90 Å². The molecule has 106 valence electrons. The van der Waals surface area contributed by atoms with E-state index in [9.17, 15) is 5.11 Å². The van der Waals surface area contributed by atoms with Gasteiger partial charge >= 0.3 is 0 Å². The van der Waals surface area contributed by atoms with Gasteiger partial charge in [0.25, 0.3) is 0 Å². The molecule has 1 unspecified atom stereocenters. The first-order valence-corrected chi connectivity index (χ1v) is 7.67. The lowest BCUT2D eigenvalue weighted by atomic mass is 10.0. The van der Waals surface area contributed by atoms with Crippen molar-refractivity contribution in [3.8, 4) is 5.75 Å². The van der Waals surface area contributed by atoms with Gasteiger partial charge in [-0.05, 0) is 45.0 Å². The molecule has 0 spiro atoms. The van der Waals surface area contributed by atoms with Crippen molar-refractivity contribution in [2.24, 2.45) is 0 Å². The summed E-state index contributed by atoms with van der Waals surface area (Å²) in [5, 5.41) is 10.7. The quantitative estimate of drug-likeness (QED) is 0.808. The maximum Gasteiger partial charge on any atom is 0.120 e. The molecule has 1 aliphatic carbocycles. The van der Waals surface area contributed by atoms with Crippen LogP contribution in [0.2, 0.25) is 5.02 Å². The third-order valence-electron chi connectivity index (χ3n) is 4.45. The Labute approximate surface area is 121 Å². The van der Waals surface area contributed by atoms with Gasteiger partial charge in [-0.3, -0.25) is 4.90 Å². The molecule has 0 aliphatic heterocycles. The van der Waals surface area contributed by atoms with E-state index >= 15 is 0 Å². The number of phenolic OH excluding ortho intramolecular Hbond substituents is 1. The number of aromatic hydroxyl groups is 1. The van der Waals surface area contributed by atoms with Crippen molar-refractivity contribution >= 4 is 11.6 Å². The lowest BCUT2D eigenvalue weighted by Gasteiger charge is -2.33. The molecule has 19 heavy (non-hydrogen) atoms. The molecule has 0 amide bonds. The van der Waals surface area contributed by atoms with E-state index < -0.39 is 0 Å². The lowest BCUT2D eigenvalue weighted by molar-refractivity contribution is 0.166. The van der Waals surface area contributed by atoms with E-state index in [0.717, 1.165) is 5.56 Å². The Hall–Kier alpha value is -0.730. The van der Waals surface area contributed by atoms with E-state index in [4.69, 9.17) is 11.6 Å². The van der Waals surface area contributed by atoms with Crippen molar-refractivity contribution in [3.63, 3.8) is 0 Å². The van der Waals surface area contributed by atoms with Crippen molar-refractivity contribution in [2.45, 2.75) is 57.5 Å². The number of hydrogen-bond donors (Lipinski definition) is 1. The average Bonchev–Trinajstić information content (AvgIpc) is 2.69. The first kappa shape index (κ1) is 14.7. The second kappa shape index (κ2) is 6.62. The maximum absolute atomic E-state index is 10.0. The molecule has 2 nitrogen and oxygen atoms in total. The van der Waals surface area contributed by atoms with Crippen LogP contribution in [0.5, 0.6) is 5.75 Å². The molecule has 0 aromatic heterocycles. The first-order valence-electron chi connectivity index (χ1n) is 7.30. The number of benzene rings is 1. The minimum atomic E-state index is 0.196. The summed E-state index contributed by atoms with van der Waals surface area (Å²) in [6.07, 6.45) is 7.90. The molecule has 1 saturated carbocycles. The van der Waals surface area contributed by atoms with Crippen molar-refractivity contribution in [1.29, 1.82) is 0 Å². The van der Waals surface area contributed by atoms with Crippen molar-refractivity contribution < 1.29 is 5.11 Å². The third-order valence-corrected chi connectivity index (χ3v) is 4.69. The Morgan fingerprint density at radius 2 is 1.84 bits per heavy atom. The van der Waals surface area contributed by atoms with Crippen LogP contribution in [-0.2, 0) is 0 Å². The average molecular weight is 282 g/mol. The van der Waals surface area contributed by atoms with Crippen LogP contribution in [0.1, 0.15) is 57.1 Å². The molecule has 3 heteroatoms. The topological polar surface area (TPSA) is 23.5 Å². The number of nitrogens with zero attached hydrogens (tertiary/aromatic N) is 1. The van der Waals surface area contributed by atoms with Crippen LogP contribution in [-0.4, -0.2) is 23.1 Å². The van der Waals surface area contributed by atoms with Gasteiger partial charge in [0.1, 0.15) is 5.75 Å². The van der Waals surface area contributed by atoms with E-state index in [2.05, 4.69) is 18.9 Å². The molecule has 0 saturated heterocycles. The number of hydrogen-bond acceptors (Lipinski definition) is 2. The molecular formula is C16H24ClNO. The number of phenols is 1. The highest BCUT2D eigenvalue weighted by Gasteiger charge is 2.23. The second-order valence-electron chi connectivity index (χ2n) is 5.69. The predicted octanol–water partition coefficient (Wildman–Crippen LogP) is 4.76. The molecule has 1 fully saturated rings. The van der Waals surface area contributed by atoms with Gasteiger partial charge in [0.05, 0.1) is 0 Å². The monoisotopic (exact) mass is 281 g/mol. The molecule has 0 heterocycles. The molecule has 1 aromatic carbocycles. The molecule has 0 radical (unpaired) electrons. The third kappa shape index (κ3) is 3.64. The van der Waals surface area contributed by atoms with Gasteiger partial charge in [0, 0.05) is 22.7 Å². The highest BCUT2D eigenvalue weighted by molar-refractivity contribution is 6.30. The fraction of sp³-hybridized carbons (Fsp3) is 0.625. The number of rotatable bonds is 3. The molecule has 1 aromatic rings. The van der Waals surface area contributed by atoms with Crippen molar-refractivity contribution in [3.05, 3.63) is 28.8 Å². The van der Waals surface area contributed by atoms with E-state index in [1.54, 1.807) is 12.1 Å². The highest BCUT2D eigenvalue weighted by atomic mass is 35.5. The minimum absolute atomic E-state index is 0.196. The molecular weight excluding hydrogens is 258 g/mol. The van der Waals surface area contributed by atoms with Crippen LogP contribution >= 0.6 is 11.6 Å². The van der Waals surface area contributed by atoms with E-state index in [1.165, 1.54) is 38.5 Å². The second-order valence-corrected chi connectivity index (χ2v) is 6.13. The smallest absolute Gasteiger partial charge is 0.120 e. The van der Waals surface area contributed by atoms with Crippen molar-refractivity contribution in [2.75, 3.05) is 7.05 Å². The molecule has 2 rings (SSSR count). The highest BCUT2D eigenvalue weighted by Crippen LogP contribution is 2.33. The normalized spacial score (nSPS) is 19.4. The summed E-state index contributed by atoms with van der Waals surface area (Å²) in [4.78, 5) is 2.40. The van der Waals surface area contributed by atoms with Gasteiger partial charge < -0.3 is 5.11 Å². The Bertz CT molecular complexity index is 413. The maximum atomic E-state index is 10.0. The molecule has 1 atom stereocenters. The van der Waals surface area contributed by atoms with Crippen LogP contribution in [0.3, 0.4) is 0 Å². The fourth-order valence-electron chi connectivity index (χ4n) is 3.06. The van der Waals surface area contributed by atoms with Crippen LogP contribution < -0.4 is 0 Å². The Morgan fingerprint density at radius 1 is 1.21 bits per heavy atom. The van der Waals surface area contributed by atoms with Crippen LogP contribution in [0.4, 0.5) is 0 Å². The largest absolute Gasteiger partial charge is 0.508 e. The molecule has 1 aliphatic rings. The van der Waals surface area contributed by atoms with Gasteiger partial charge in [-0.1, -0.05) is 37.3 Å². The van der Waals surface area contributed by atoms with Gasteiger partial charge in [-0.15, -0.1) is 0 Å². The fourth-order valence-corrected chi connectivity index (χ4v) is 3.24. The zero-order valence-electron chi connectivity index (χ0n) is 11.9. The van der Waals surface area contributed by atoms with E-state index in [1.807, 2.05) is 6.07 Å².